The smallest absolute Gasteiger partial charge is 0.151 e. The first-order valence-corrected chi connectivity index (χ1v) is 10.6. The number of ether oxygens (including phenoxy) is 2. The maximum Gasteiger partial charge on any atom is 0.151 e. The summed E-state index contributed by atoms with van der Waals surface area (Å²) < 4.78 is 11.3. The molecule has 1 aliphatic heterocycles. The molecule has 1 fully saturated rings. The average molecular weight is 417 g/mol. The summed E-state index contributed by atoms with van der Waals surface area (Å²) in [7, 11) is 0. The van der Waals surface area contributed by atoms with Gasteiger partial charge in [-0.3, -0.25) is 5.32 Å². The van der Waals surface area contributed by atoms with Crippen molar-refractivity contribution in [2.75, 3.05) is 26.5 Å². The molecule has 0 spiro atoms. The Kier molecular flexibility index (Phi) is 7.32. The first kappa shape index (κ1) is 21.1. The van der Waals surface area contributed by atoms with Crippen LogP contribution in [0.1, 0.15) is 18.1 Å². The van der Waals surface area contributed by atoms with Gasteiger partial charge in [0, 0.05) is 6.54 Å². The largest absolute Gasteiger partial charge is 0.490 e. The van der Waals surface area contributed by atoms with Crippen molar-refractivity contribution in [3.05, 3.63) is 90.0 Å². The van der Waals surface area contributed by atoms with Gasteiger partial charge in [0.2, 0.25) is 0 Å². The second-order valence-electron chi connectivity index (χ2n) is 7.54. The molecule has 0 saturated carbocycles. The Labute approximate surface area is 183 Å². The first-order chi connectivity index (χ1) is 15.3. The monoisotopic (exact) mass is 416 g/mol. The Morgan fingerprint density at radius 1 is 0.935 bits per heavy atom. The number of nitrogens with one attached hydrogen (secondary N) is 1. The Bertz CT molecular complexity index is 964. The lowest BCUT2D eigenvalue weighted by Crippen LogP contribution is -2.16. The molecule has 31 heavy (non-hydrogen) atoms. The van der Waals surface area contributed by atoms with E-state index in [0.29, 0.717) is 19.9 Å². The fourth-order valence-corrected chi connectivity index (χ4v) is 3.50. The van der Waals surface area contributed by atoms with Crippen LogP contribution in [-0.4, -0.2) is 38.3 Å². The van der Waals surface area contributed by atoms with Crippen molar-refractivity contribution in [3.8, 4) is 16.9 Å². The van der Waals surface area contributed by atoms with E-state index < -0.39 is 0 Å². The van der Waals surface area contributed by atoms with Gasteiger partial charge in [0.05, 0.1) is 18.5 Å². The number of hydrogen-bond acceptors (Lipinski definition) is 5. The van der Waals surface area contributed by atoms with E-state index in [9.17, 15) is 0 Å². The van der Waals surface area contributed by atoms with E-state index in [1.54, 1.807) is 0 Å². The molecule has 1 heterocycles. The Hall–Kier alpha value is -3.15. The zero-order valence-corrected chi connectivity index (χ0v) is 17.8. The van der Waals surface area contributed by atoms with Gasteiger partial charge in [-0.2, -0.15) is 0 Å². The first-order valence-electron chi connectivity index (χ1n) is 10.6. The van der Waals surface area contributed by atoms with Crippen molar-refractivity contribution >= 4 is 5.71 Å². The fraction of sp³-hybridized carbons (Fsp3) is 0.269. The Balaban J connectivity index is 1.20. The maximum absolute atomic E-state index is 5.75. The van der Waals surface area contributed by atoms with Crippen molar-refractivity contribution in [1.82, 2.24) is 5.32 Å². The molecule has 5 heteroatoms. The molecule has 0 aromatic heterocycles. The fourth-order valence-electron chi connectivity index (χ4n) is 3.50. The highest BCUT2D eigenvalue weighted by atomic mass is 16.6. The van der Waals surface area contributed by atoms with E-state index in [2.05, 4.69) is 59.0 Å². The Morgan fingerprint density at radius 2 is 1.68 bits per heavy atom. The van der Waals surface area contributed by atoms with Crippen LogP contribution in [0.4, 0.5) is 0 Å². The minimum absolute atomic E-state index is 0.260. The predicted octanol–water partition coefficient (Wildman–Crippen LogP) is 4.66. The average Bonchev–Trinajstić information content (AvgIpc) is 3.33. The third-order valence-corrected chi connectivity index (χ3v) is 5.23. The molecule has 5 nitrogen and oxygen atoms in total. The quantitative estimate of drug-likeness (QED) is 0.313. The standard InChI is InChI=1S/C26H28N2O3/c1-20(22-9-11-24(12-10-22)23-5-3-2-4-6-23)28-31-16-15-29-25-13-7-21(8-14-25)17-26-18-27-19-30-26/h2-14,26-27H,15-19H2,1H3. The number of rotatable bonds is 9. The normalized spacial score (nSPS) is 16.3. The van der Waals surface area contributed by atoms with Gasteiger partial charge in [-0.25, -0.2) is 0 Å². The number of benzene rings is 3. The molecular formula is C26H28N2O3. The van der Waals surface area contributed by atoms with Crippen molar-refractivity contribution in [1.29, 1.82) is 0 Å². The highest BCUT2D eigenvalue weighted by Gasteiger charge is 2.15. The van der Waals surface area contributed by atoms with Crippen LogP contribution >= 0.6 is 0 Å². The minimum atomic E-state index is 0.260. The van der Waals surface area contributed by atoms with Crippen molar-refractivity contribution in [3.63, 3.8) is 0 Å². The van der Waals surface area contributed by atoms with Crippen molar-refractivity contribution in [2.45, 2.75) is 19.4 Å². The molecule has 4 rings (SSSR count). The van der Waals surface area contributed by atoms with Crippen molar-refractivity contribution in [2.24, 2.45) is 5.16 Å². The number of nitrogens with zero attached hydrogens (tertiary/aromatic N) is 1. The molecule has 1 N–H and O–H groups in total. The molecule has 3 aromatic carbocycles. The lowest BCUT2D eigenvalue weighted by molar-refractivity contribution is 0.107. The second-order valence-corrected chi connectivity index (χ2v) is 7.54. The van der Waals surface area contributed by atoms with Crippen LogP contribution in [0.25, 0.3) is 11.1 Å². The lowest BCUT2D eigenvalue weighted by Gasteiger charge is -2.10. The van der Waals surface area contributed by atoms with Crippen LogP contribution in [-0.2, 0) is 16.0 Å². The molecule has 1 unspecified atom stereocenters. The third kappa shape index (κ3) is 6.17. The Morgan fingerprint density at radius 3 is 2.39 bits per heavy atom. The van der Waals surface area contributed by atoms with Gasteiger partial charge in [-0.15, -0.1) is 0 Å². The van der Waals surface area contributed by atoms with Gasteiger partial charge in [0.15, 0.2) is 6.61 Å². The van der Waals surface area contributed by atoms with E-state index in [-0.39, 0.29) is 6.10 Å². The van der Waals surface area contributed by atoms with Gasteiger partial charge >= 0.3 is 0 Å². The second kappa shape index (κ2) is 10.8. The SMILES string of the molecule is CC(=NOCCOc1ccc(CC2CNCO2)cc1)c1ccc(-c2ccccc2)cc1. The molecule has 3 aromatic rings. The molecule has 0 amide bonds. The van der Waals surface area contributed by atoms with Crippen LogP contribution in [0.3, 0.4) is 0 Å². The topological polar surface area (TPSA) is 52.1 Å². The summed E-state index contributed by atoms with van der Waals surface area (Å²) in [6.45, 7) is 4.34. The van der Waals surface area contributed by atoms with E-state index in [4.69, 9.17) is 14.3 Å². The summed E-state index contributed by atoms with van der Waals surface area (Å²) in [5.74, 6) is 0.829. The van der Waals surface area contributed by atoms with Gasteiger partial charge in [0.1, 0.15) is 12.4 Å². The van der Waals surface area contributed by atoms with E-state index in [1.807, 2.05) is 37.3 Å². The number of oxime groups is 1. The highest BCUT2D eigenvalue weighted by molar-refractivity contribution is 5.98. The van der Waals surface area contributed by atoms with E-state index in [0.717, 1.165) is 30.0 Å². The van der Waals surface area contributed by atoms with Crippen LogP contribution in [0.5, 0.6) is 5.75 Å². The summed E-state index contributed by atoms with van der Waals surface area (Å²) in [6, 6.07) is 26.8. The summed E-state index contributed by atoms with van der Waals surface area (Å²) in [5, 5.41) is 7.42. The van der Waals surface area contributed by atoms with Gasteiger partial charge in [-0.1, -0.05) is 71.9 Å². The summed E-state index contributed by atoms with van der Waals surface area (Å²) in [6.07, 6.45) is 1.17. The summed E-state index contributed by atoms with van der Waals surface area (Å²) in [4.78, 5) is 5.44. The summed E-state index contributed by atoms with van der Waals surface area (Å²) >= 11 is 0. The van der Waals surface area contributed by atoms with Gasteiger partial charge < -0.3 is 14.3 Å². The minimum Gasteiger partial charge on any atom is -0.490 e. The number of hydrogen-bond donors (Lipinski definition) is 1. The third-order valence-electron chi connectivity index (χ3n) is 5.23. The van der Waals surface area contributed by atoms with Gasteiger partial charge in [0.25, 0.3) is 0 Å². The summed E-state index contributed by atoms with van der Waals surface area (Å²) in [5.41, 5.74) is 5.51. The zero-order valence-electron chi connectivity index (χ0n) is 17.8. The van der Waals surface area contributed by atoms with E-state index in [1.165, 1.54) is 16.7 Å². The predicted molar refractivity (Wildman–Crippen MR) is 123 cm³/mol. The molecular weight excluding hydrogens is 388 g/mol. The molecule has 1 aliphatic rings. The van der Waals surface area contributed by atoms with Crippen LogP contribution in [0.15, 0.2) is 84.0 Å². The van der Waals surface area contributed by atoms with Gasteiger partial charge in [-0.05, 0) is 47.7 Å². The maximum atomic E-state index is 5.75. The zero-order chi connectivity index (χ0) is 21.3. The molecule has 0 radical (unpaired) electrons. The molecule has 1 atom stereocenters. The molecule has 160 valence electrons. The van der Waals surface area contributed by atoms with Crippen LogP contribution < -0.4 is 10.1 Å². The van der Waals surface area contributed by atoms with Crippen LogP contribution in [0, 0.1) is 0 Å². The van der Waals surface area contributed by atoms with E-state index >= 15 is 0 Å². The highest BCUT2D eigenvalue weighted by Crippen LogP contribution is 2.19. The van der Waals surface area contributed by atoms with Crippen LogP contribution in [0.2, 0.25) is 0 Å². The molecule has 1 saturated heterocycles. The molecule has 0 bridgehead atoms. The molecule has 0 aliphatic carbocycles. The van der Waals surface area contributed by atoms with Crippen molar-refractivity contribution < 1.29 is 14.3 Å². The lowest BCUT2D eigenvalue weighted by atomic mass is 10.0.